The molecule has 178 valence electrons. The van der Waals surface area contributed by atoms with Gasteiger partial charge >= 0.3 is 5.97 Å². The van der Waals surface area contributed by atoms with Gasteiger partial charge in [0.25, 0.3) is 0 Å². The maximum absolute atomic E-state index is 12.6. The monoisotopic (exact) mass is 456 g/mol. The Morgan fingerprint density at radius 3 is 2.18 bits per heavy atom. The van der Waals surface area contributed by atoms with Gasteiger partial charge in [-0.15, -0.1) is 0 Å². The first kappa shape index (κ1) is 25.9. The van der Waals surface area contributed by atoms with Crippen LogP contribution < -0.4 is 15.8 Å². The number of phenols is 2. The van der Waals surface area contributed by atoms with Crippen LogP contribution in [0.2, 0.25) is 0 Å². The number of phenolic OH excluding ortho intramolecular Hbond substituents is 2. The minimum Gasteiger partial charge on any atom is -0.508 e. The summed E-state index contributed by atoms with van der Waals surface area (Å²) in [5, 5.41) is 22.0. The Balaban J connectivity index is 1.97. The zero-order chi connectivity index (χ0) is 24.7. The van der Waals surface area contributed by atoms with Crippen LogP contribution in [0.15, 0.2) is 42.5 Å². The van der Waals surface area contributed by atoms with E-state index >= 15 is 0 Å². The highest BCUT2D eigenvalue weighted by Crippen LogP contribution is 2.24. The molecule has 0 saturated carbocycles. The summed E-state index contributed by atoms with van der Waals surface area (Å²) in [6.45, 7) is 7.26. The molecule has 0 bridgehead atoms. The predicted octanol–water partition coefficient (Wildman–Crippen LogP) is 2.94. The maximum Gasteiger partial charge on any atom is 0.334 e. The lowest BCUT2D eigenvalue weighted by Gasteiger charge is -2.23. The van der Waals surface area contributed by atoms with E-state index in [1.165, 1.54) is 18.2 Å². The SMILES string of the molecule is CC(C)C(N)C(=O)N[C@H](C(=O)Oc1ccc(CCC(=O)c2cc(O)ccc2O)cc1)C(C)C. The van der Waals surface area contributed by atoms with Crippen LogP contribution in [-0.2, 0) is 16.0 Å². The molecule has 2 rings (SSSR count). The van der Waals surface area contributed by atoms with Crippen LogP contribution in [0, 0.1) is 11.8 Å². The summed E-state index contributed by atoms with van der Waals surface area (Å²) in [4.78, 5) is 37.2. The normalized spacial score (nSPS) is 12.9. The van der Waals surface area contributed by atoms with Crippen molar-refractivity contribution in [1.82, 2.24) is 5.32 Å². The van der Waals surface area contributed by atoms with Crippen molar-refractivity contribution in [3.63, 3.8) is 0 Å². The van der Waals surface area contributed by atoms with E-state index in [1.807, 2.05) is 13.8 Å². The lowest BCUT2D eigenvalue weighted by atomic mass is 10.0. The highest BCUT2D eigenvalue weighted by atomic mass is 16.5. The molecule has 0 aromatic heterocycles. The molecule has 5 N–H and O–H groups in total. The van der Waals surface area contributed by atoms with Gasteiger partial charge in [-0.2, -0.15) is 0 Å². The average molecular weight is 457 g/mol. The lowest BCUT2D eigenvalue weighted by molar-refractivity contribution is -0.141. The molecule has 2 aromatic rings. The predicted molar refractivity (Wildman–Crippen MR) is 124 cm³/mol. The number of amides is 1. The second kappa shape index (κ2) is 11.5. The van der Waals surface area contributed by atoms with Crippen molar-refractivity contribution in [1.29, 1.82) is 0 Å². The number of nitrogens with one attached hydrogen (secondary N) is 1. The van der Waals surface area contributed by atoms with Crippen LogP contribution >= 0.6 is 0 Å². The van der Waals surface area contributed by atoms with Gasteiger partial charge in [-0.1, -0.05) is 39.8 Å². The van der Waals surface area contributed by atoms with Crippen LogP contribution in [-0.4, -0.2) is 40.0 Å². The van der Waals surface area contributed by atoms with Crippen LogP contribution in [0.5, 0.6) is 17.2 Å². The summed E-state index contributed by atoms with van der Waals surface area (Å²) in [7, 11) is 0. The van der Waals surface area contributed by atoms with Crippen LogP contribution in [0.4, 0.5) is 0 Å². The third kappa shape index (κ3) is 7.32. The number of aryl methyl sites for hydroxylation is 1. The van der Waals surface area contributed by atoms with E-state index in [-0.39, 0.29) is 41.1 Å². The van der Waals surface area contributed by atoms with E-state index < -0.39 is 24.0 Å². The van der Waals surface area contributed by atoms with E-state index in [1.54, 1.807) is 38.1 Å². The minimum absolute atomic E-state index is 0.0650. The van der Waals surface area contributed by atoms with Crippen molar-refractivity contribution < 1.29 is 29.3 Å². The Kier molecular flexibility index (Phi) is 8.99. The molecule has 0 saturated heterocycles. The number of carbonyl (C=O) groups excluding carboxylic acids is 3. The number of nitrogens with two attached hydrogens (primary N) is 1. The highest BCUT2D eigenvalue weighted by molar-refractivity contribution is 5.99. The first-order valence-electron chi connectivity index (χ1n) is 10.9. The first-order chi connectivity index (χ1) is 15.5. The summed E-state index contributed by atoms with van der Waals surface area (Å²) < 4.78 is 5.44. The quantitative estimate of drug-likeness (QED) is 0.187. The standard InChI is InChI=1S/C25H32N2O6/c1-14(2)22(26)24(31)27-23(15(3)4)25(32)33-18-9-5-16(6-10-18)7-11-20(29)19-13-17(28)8-12-21(19)30/h5-6,8-10,12-15,22-23,28,30H,7,11,26H2,1-4H3,(H,27,31)/t22?,23-/m0/s1. The van der Waals surface area contributed by atoms with E-state index in [9.17, 15) is 24.6 Å². The molecule has 1 unspecified atom stereocenters. The van der Waals surface area contributed by atoms with E-state index in [2.05, 4.69) is 5.32 Å². The largest absolute Gasteiger partial charge is 0.508 e. The van der Waals surface area contributed by atoms with Crippen molar-refractivity contribution in [3.8, 4) is 17.2 Å². The van der Waals surface area contributed by atoms with Crippen LogP contribution in [0.1, 0.15) is 50.0 Å². The van der Waals surface area contributed by atoms with E-state index in [4.69, 9.17) is 10.5 Å². The van der Waals surface area contributed by atoms with Gasteiger partial charge in [-0.3, -0.25) is 9.59 Å². The number of Topliss-reactive ketones (excluding diaryl/α,β-unsaturated/α-hetero) is 1. The van der Waals surface area contributed by atoms with Crippen molar-refractivity contribution in [2.24, 2.45) is 17.6 Å². The van der Waals surface area contributed by atoms with E-state index in [0.29, 0.717) is 12.2 Å². The molecule has 1 amide bonds. The first-order valence-corrected chi connectivity index (χ1v) is 10.9. The molecule has 33 heavy (non-hydrogen) atoms. The average Bonchev–Trinajstić information content (AvgIpc) is 2.77. The Morgan fingerprint density at radius 1 is 0.970 bits per heavy atom. The third-order valence-corrected chi connectivity index (χ3v) is 5.30. The second-order valence-corrected chi connectivity index (χ2v) is 8.69. The molecule has 0 aliphatic heterocycles. The summed E-state index contributed by atoms with van der Waals surface area (Å²) in [5.74, 6) is -1.51. The number of ketones is 1. The molecule has 2 atom stereocenters. The maximum atomic E-state index is 12.6. The fourth-order valence-electron chi connectivity index (χ4n) is 3.09. The van der Waals surface area contributed by atoms with Gasteiger partial charge in [0, 0.05) is 6.42 Å². The highest BCUT2D eigenvalue weighted by Gasteiger charge is 2.29. The number of ether oxygens (including phenoxy) is 1. The molecule has 0 heterocycles. The number of esters is 1. The van der Waals surface area contributed by atoms with Gasteiger partial charge in [0.1, 0.15) is 23.3 Å². The fraction of sp³-hybridized carbons (Fsp3) is 0.400. The molecule has 0 aliphatic carbocycles. The summed E-state index contributed by atoms with van der Waals surface area (Å²) >= 11 is 0. The number of rotatable bonds is 10. The number of hydrogen-bond donors (Lipinski definition) is 4. The van der Waals surface area contributed by atoms with Gasteiger partial charge in [0.05, 0.1) is 11.6 Å². The van der Waals surface area contributed by atoms with Crippen molar-refractivity contribution in [2.75, 3.05) is 0 Å². The Bertz CT molecular complexity index is 985. The van der Waals surface area contributed by atoms with Crippen molar-refractivity contribution >= 4 is 17.7 Å². The smallest absolute Gasteiger partial charge is 0.334 e. The van der Waals surface area contributed by atoms with Gasteiger partial charge in [0.15, 0.2) is 5.78 Å². The lowest BCUT2D eigenvalue weighted by Crippen LogP contribution is -2.53. The Labute approximate surface area is 193 Å². The van der Waals surface area contributed by atoms with E-state index in [0.717, 1.165) is 5.56 Å². The molecule has 8 nitrogen and oxygen atoms in total. The topological polar surface area (TPSA) is 139 Å². The number of hydrogen-bond acceptors (Lipinski definition) is 7. The summed E-state index contributed by atoms with van der Waals surface area (Å²) in [6, 6.07) is 8.95. The summed E-state index contributed by atoms with van der Waals surface area (Å²) in [6.07, 6.45) is 0.535. The van der Waals surface area contributed by atoms with Gasteiger partial charge in [-0.25, -0.2) is 4.79 Å². The fourth-order valence-corrected chi connectivity index (χ4v) is 3.09. The van der Waals surface area contributed by atoms with Gasteiger partial charge in [0.2, 0.25) is 5.91 Å². The third-order valence-electron chi connectivity index (χ3n) is 5.30. The molecule has 0 radical (unpaired) electrons. The molecule has 0 aliphatic rings. The zero-order valence-electron chi connectivity index (χ0n) is 19.4. The van der Waals surface area contributed by atoms with Crippen LogP contribution in [0.25, 0.3) is 0 Å². The molecule has 2 aromatic carbocycles. The molecule has 8 heteroatoms. The molecule has 0 spiro atoms. The number of aromatic hydroxyl groups is 2. The van der Waals surface area contributed by atoms with Crippen molar-refractivity contribution in [3.05, 3.63) is 53.6 Å². The van der Waals surface area contributed by atoms with Crippen molar-refractivity contribution in [2.45, 2.75) is 52.6 Å². The number of benzene rings is 2. The molecule has 0 fully saturated rings. The molecular weight excluding hydrogens is 424 g/mol. The second-order valence-electron chi connectivity index (χ2n) is 8.69. The van der Waals surface area contributed by atoms with Crippen LogP contribution in [0.3, 0.4) is 0 Å². The van der Waals surface area contributed by atoms with Gasteiger partial charge < -0.3 is 26.0 Å². The Morgan fingerprint density at radius 2 is 1.61 bits per heavy atom. The zero-order valence-corrected chi connectivity index (χ0v) is 19.4. The molecular formula is C25H32N2O6. The Hall–Kier alpha value is -3.39. The summed E-state index contributed by atoms with van der Waals surface area (Å²) in [5.41, 5.74) is 6.77. The van der Waals surface area contributed by atoms with Gasteiger partial charge in [-0.05, 0) is 54.2 Å². The number of carbonyl (C=O) groups is 3. The minimum atomic E-state index is -0.838.